The minimum atomic E-state index is -4.46. The van der Waals surface area contributed by atoms with Crippen molar-refractivity contribution in [3.05, 3.63) is 78.5 Å². The molecule has 0 spiro atoms. The molecule has 0 aliphatic heterocycles. The number of fused-ring (bicyclic) bond motifs is 1. The van der Waals surface area contributed by atoms with Crippen LogP contribution in [0, 0.1) is 6.92 Å². The molecule has 0 atom stereocenters. The van der Waals surface area contributed by atoms with E-state index in [9.17, 15) is 13.0 Å². The van der Waals surface area contributed by atoms with Gasteiger partial charge in [0, 0.05) is 45.9 Å². The third-order valence-electron chi connectivity index (χ3n) is 4.64. The van der Waals surface area contributed by atoms with E-state index in [0.717, 1.165) is 16.8 Å². The molecule has 0 saturated carbocycles. The van der Waals surface area contributed by atoms with Crippen molar-refractivity contribution in [2.75, 3.05) is 5.73 Å². The van der Waals surface area contributed by atoms with Crippen LogP contribution in [-0.4, -0.2) is 47.5 Å². The third-order valence-corrected chi connectivity index (χ3v) is 5.53. The Hall–Kier alpha value is -2.62. The number of hydrogen-bond acceptors (Lipinski definition) is 6. The van der Waals surface area contributed by atoms with Crippen LogP contribution in [0.25, 0.3) is 22.0 Å². The van der Waals surface area contributed by atoms with E-state index in [1.807, 2.05) is 37.3 Å². The Bertz CT molecular complexity index is 1390. The quantitative estimate of drug-likeness (QED) is 0.198. The second kappa shape index (κ2) is 9.25. The molecule has 31 heavy (non-hydrogen) atoms. The number of pyridine rings is 1. The Labute approximate surface area is 202 Å². The number of nitrogens with two attached hydrogens (primary N) is 1. The number of nitrogen functional groups attached to an aromatic ring is 1. The molecule has 0 fully saturated rings. The van der Waals surface area contributed by atoms with E-state index in [1.165, 1.54) is 6.07 Å². The first-order valence-corrected chi connectivity index (χ1v) is 10.5. The van der Waals surface area contributed by atoms with Crippen LogP contribution in [0.1, 0.15) is 5.56 Å². The van der Waals surface area contributed by atoms with Crippen LogP contribution in [0.2, 0.25) is 0 Å². The SMILES string of the molecule is Cc1cccc(-c2ccc(N=Nc3cc(S(=O)(=O)O)c4ccccc4c3N)cn2)c1.[Na]. The van der Waals surface area contributed by atoms with Crippen LogP contribution in [0.15, 0.2) is 88.1 Å². The van der Waals surface area contributed by atoms with E-state index >= 15 is 0 Å². The van der Waals surface area contributed by atoms with Crippen molar-refractivity contribution in [1.29, 1.82) is 0 Å². The molecular weight excluding hydrogens is 423 g/mol. The Morgan fingerprint density at radius 2 is 1.68 bits per heavy atom. The average Bonchev–Trinajstić information content (AvgIpc) is 2.73. The van der Waals surface area contributed by atoms with Gasteiger partial charge in [-0.1, -0.05) is 48.0 Å². The zero-order valence-electron chi connectivity index (χ0n) is 17.0. The van der Waals surface area contributed by atoms with Crippen LogP contribution in [0.4, 0.5) is 17.1 Å². The van der Waals surface area contributed by atoms with Crippen molar-refractivity contribution in [2.24, 2.45) is 10.2 Å². The van der Waals surface area contributed by atoms with Crippen LogP contribution in [-0.2, 0) is 10.1 Å². The fourth-order valence-corrected chi connectivity index (χ4v) is 3.90. The maximum absolute atomic E-state index is 11.8. The van der Waals surface area contributed by atoms with Crippen LogP contribution < -0.4 is 5.73 Å². The van der Waals surface area contributed by atoms with Gasteiger partial charge < -0.3 is 5.73 Å². The molecule has 0 amide bonds. The Balaban J connectivity index is 0.00000272. The standard InChI is InChI=1S/C22H18N4O3S.Na/c1-14-5-4-6-15(11-14)19-10-9-16(13-24-19)25-26-20-12-21(30(27,28)29)17-7-2-3-8-18(17)22(20)23;/h2-13H,23H2,1H3,(H,27,28,29);. The summed E-state index contributed by atoms with van der Waals surface area (Å²) in [7, 11) is -4.46. The maximum atomic E-state index is 11.8. The number of azo groups is 1. The van der Waals surface area contributed by atoms with Crippen molar-refractivity contribution in [2.45, 2.75) is 11.8 Å². The van der Waals surface area contributed by atoms with Gasteiger partial charge in [0.2, 0.25) is 0 Å². The van der Waals surface area contributed by atoms with Crippen molar-refractivity contribution in [1.82, 2.24) is 4.98 Å². The van der Waals surface area contributed by atoms with Gasteiger partial charge in [-0.05, 0) is 31.2 Å². The number of anilines is 1. The fourth-order valence-electron chi connectivity index (χ4n) is 3.18. The Morgan fingerprint density at radius 1 is 0.935 bits per heavy atom. The minimum Gasteiger partial charge on any atom is -0.396 e. The van der Waals surface area contributed by atoms with E-state index in [0.29, 0.717) is 16.5 Å². The molecule has 151 valence electrons. The number of rotatable bonds is 4. The number of benzene rings is 3. The summed E-state index contributed by atoms with van der Waals surface area (Å²) < 4.78 is 33.2. The molecule has 4 rings (SSSR count). The molecule has 3 aromatic carbocycles. The average molecular weight is 441 g/mol. The summed E-state index contributed by atoms with van der Waals surface area (Å²) in [6.45, 7) is 2.01. The second-order valence-electron chi connectivity index (χ2n) is 6.80. The minimum absolute atomic E-state index is 0. The molecule has 0 unspecified atom stereocenters. The first kappa shape index (κ1) is 23.1. The van der Waals surface area contributed by atoms with Gasteiger partial charge in [0.1, 0.15) is 16.3 Å². The topological polar surface area (TPSA) is 118 Å². The van der Waals surface area contributed by atoms with Gasteiger partial charge in [0.25, 0.3) is 10.1 Å². The number of hydrogen-bond donors (Lipinski definition) is 2. The van der Waals surface area contributed by atoms with E-state index < -0.39 is 10.1 Å². The molecule has 4 aromatic rings. The predicted octanol–water partition coefficient (Wildman–Crippen LogP) is 5.07. The third kappa shape index (κ3) is 5.00. The summed E-state index contributed by atoms with van der Waals surface area (Å²) in [5.41, 5.74) is 9.99. The van der Waals surface area contributed by atoms with Gasteiger partial charge in [0.05, 0.1) is 17.6 Å². The monoisotopic (exact) mass is 441 g/mol. The maximum Gasteiger partial charge on any atom is 0.295 e. The molecule has 1 radical (unpaired) electrons. The van der Waals surface area contributed by atoms with E-state index in [1.54, 1.807) is 36.5 Å². The van der Waals surface area contributed by atoms with Gasteiger partial charge in [-0.3, -0.25) is 9.54 Å². The van der Waals surface area contributed by atoms with Gasteiger partial charge in [-0.2, -0.15) is 8.42 Å². The van der Waals surface area contributed by atoms with E-state index in [2.05, 4.69) is 15.2 Å². The zero-order valence-corrected chi connectivity index (χ0v) is 19.8. The molecule has 0 aliphatic rings. The van der Waals surface area contributed by atoms with Gasteiger partial charge in [0.15, 0.2) is 0 Å². The van der Waals surface area contributed by atoms with E-state index in [-0.39, 0.29) is 45.8 Å². The summed E-state index contributed by atoms with van der Waals surface area (Å²) in [6, 6.07) is 19.4. The zero-order chi connectivity index (χ0) is 21.3. The number of aryl methyl sites for hydroxylation is 1. The fraction of sp³-hybridized carbons (Fsp3) is 0.0455. The molecule has 0 saturated heterocycles. The summed E-state index contributed by atoms with van der Waals surface area (Å²) in [4.78, 5) is 4.14. The molecule has 0 aliphatic carbocycles. The smallest absolute Gasteiger partial charge is 0.295 e. The summed E-state index contributed by atoms with van der Waals surface area (Å²) in [6.07, 6.45) is 1.57. The molecule has 7 nitrogen and oxygen atoms in total. The molecule has 3 N–H and O–H groups in total. The second-order valence-corrected chi connectivity index (χ2v) is 8.19. The van der Waals surface area contributed by atoms with Crippen molar-refractivity contribution >= 4 is 67.5 Å². The van der Waals surface area contributed by atoms with Crippen molar-refractivity contribution in [3.63, 3.8) is 0 Å². The Kier molecular flexibility index (Phi) is 6.88. The number of nitrogens with zero attached hydrogens (tertiary/aromatic N) is 3. The van der Waals surface area contributed by atoms with Gasteiger partial charge >= 0.3 is 0 Å². The first-order valence-electron chi connectivity index (χ1n) is 9.06. The number of aromatic nitrogens is 1. The van der Waals surface area contributed by atoms with Crippen LogP contribution >= 0.6 is 0 Å². The summed E-state index contributed by atoms with van der Waals surface area (Å²) in [5, 5.41) is 9.01. The molecular formula is C22H18N4NaO3S. The largest absolute Gasteiger partial charge is 0.396 e. The van der Waals surface area contributed by atoms with Gasteiger partial charge in [-0.15, -0.1) is 10.2 Å². The van der Waals surface area contributed by atoms with Gasteiger partial charge in [-0.25, -0.2) is 0 Å². The molecule has 9 heteroatoms. The normalized spacial score (nSPS) is 11.5. The molecule has 1 heterocycles. The summed E-state index contributed by atoms with van der Waals surface area (Å²) in [5.74, 6) is 0. The van der Waals surface area contributed by atoms with Crippen molar-refractivity contribution in [3.8, 4) is 11.3 Å². The van der Waals surface area contributed by atoms with Crippen LogP contribution in [0.5, 0.6) is 0 Å². The summed E-state index contributed by atoms with van der Waals surface area (Å²) >= 11 is 0. The van der Waals surface area contributed by atoms with Crippen LogP contribution in [0.3, 0.4) is 0 Å². The van der Waals surface area contributed by atoms with Crippen molar-refractivity contribution < 1.29 is 13.0 Å². The molecule has 0 bridgehead atoms. The Morgan fingerprint density at radius 3 is 2.32 bits per heavy atom. The van der Waals surface area contributed by atoms with E-state index in [4.69, 9.17) is 5.73 Å². The first-order chi connectivity index (χ1) is 14.3. The molecule has 1 aromatic heterocycles. The predicted molar refractivity (Wildman–Crippen MR) is 123 cm³/mol.